The fourth-order valence-corrected chi connectivity index (χ4v) is 5.39. The van der Waals surface area contributed by atoms with Gasteiger partial charge in [-0.05, 0) is 6.07 Å². The molecule has 4 rings (SSSR count). The Morgan fingerprint density at radius 3 is 1.88 bits per heavy atom. The highest BCUT2D eigenvalue weighted by atomic mass is 16.7. The molecular weight excluding hydrogens is 570 g/mol. The number of ether oxygens (including phenoxy) is 5. The Morgan fingerprint density at radius 2 is 1.29 bits per heavy atom. The van der Waals surface area contributed by atoms with E-state index in [0.29, 0.717) is 0 Å². The molecular formula is C24H39N3O15. The number of para-hydroxylation sites is 1. The van der Waals surface area contributed by atoms with Crippen LogP contribution < -0.4 is 17.2 Å². The maximum absolute atomic E-state index is 11.1. The van der Waals surface area contributed by atoms with Crippen molar-refractivity contribution < 1.29 is 74.7 Å². The van der Waals surface area contributed by atoms with Crippen molar-refractivity contribution in [3.8, 4) is 11.5 Å². The molecule has 16 N–H and O–H groups in total. The monoisotopic (exact) mass is 609 g/mol. The summed E-state index contributed by atoms with van der Waals surface area (Å²) in [5, 5.41) is 103. The highest BCUT2D eigenvalue weighted by molar-refractivity contribution is 5.48. The van der Waals surface area contributed by atoms with Crippen LogP contribution in [0.4, 0.5) is 0 Å². The topological polar surface area (TPSA) is 327 Å². The molecule has 18 nitrogen and oxygen atoms in total. The Kier molecular flexibility index (Phi) is 10.3. The van der Waals surface area contributed by atoms with Gasteiger partial charge in [-0.25, -0.2) is 0 Å². The van der Waals surface area contributed by atoms with Crippen molar-refractivity contribution in [3.05, 3.63) is 23.8 Å². The van der Waals surface area contributed by atoms with Gasteiger partial charge in [0.15, 0.2) is 36.0 Å². The summed E-state index contributed by atoms with van der Waals surface area (Å²) in [5.41, 5.74) is 15.3. The van der Waals surface area contributed by atoms with Gasteiger partial charge in [-0.3, -0.25) is 0 Å². The first-order chi connectivity index (χ1) is 19.8. The van der Waals surface area contributed by atoms with Crippen LogP contribution in [0.2, 0.25) is 0 Å². The van der Waals surface area contributed by atoms with Gasteiger partial charge in [-0.1, -0.05) is 12.1 Å². The number of aliphatic hydroxyl groups excluding tert-OH is 8. The molecule has 3 aliphatic heterocycles. The molecule has 0 amide bonds. The molecule has 15 atom stereocenters. The van der Waals surface area contributed by atoms with Crippen LogP contribution in [0, 0.1) is 0 Å². The maximum Gasteiger partial charge on any atom is 0.177 e. The number of hydrogen-bond donors (Lipinski definition) is 13. The third-order valence-electron chi connectivity index (χ3n) is 7.95. The number of aliphatic hydroxyl groups is 8. The van der Waals surface area contributed by atoms with E-state index in [1.807, 2.05) is 0 Å². The van der Waals surface area contributed by atoms with E-state index in [4.69, 9.17) is 40.9 Å². The minimum Gasteiger partial charge on any atom is -0.504 e. The van der Waals surface area contributed by atoms with Gasteiger partial charge in [0.05, 0.1) is 37.9 Å². The van der Waals surface area contributed by atoms with Crippen molar-refractivity contribution in [2.45, 2.75) is 91.4 Å². The summed E-state index contributed by atoms with van der Waals surface area (Å²) in [4.78, 5) is 0. The number of benzene rings is 1. The van der Waals surface area contributed by atoms with E-state index in [0.717, 1.165) is 6.07 Å². The first kappa shape index (κ1) is 33.1. The highest BCUT2D eigenvalue weighted by Gasteiger charge is 2.57. The third-order valence-corrected chi connectivity index (χ3v) is 7.95. The molecule has 0 aliphatic carbocycles. The Labute approximate surface area is 239 Å². The van der Waals surface area contributed by atoms with Gasteiger partial charge >= 0.3 is 0 Å². The smallest absolute Gasteiger partial charge is 0.177 e. The first-order valence-electron chi connectivity index (χ1n) is 13.1. The van der Waals surface area contributed by atoms with E-state index in [-0.39, 0.29) is 5.56 Å². The van der Waals surface area contributed by atoms with Crippen LogP contribution in [0.3, 0.4) is 0 Å². The molecule has 3 saturated heterocycles. The van der Waals surface area contributed by atoms with Crippen molar-refractivity contribution in [2.75, 3.05) is 19.8 Å². The van der Waals surface area contributed by atoms with Crippen LogP contribution in [0.25, 0.3) is 0 Å². The summed E-state index contributed by atoms with van der Waals surface area (Å²) < 4.78 is 28.2. The molecule has 3 fully saturated rings. The van der Waals surface area contributed by atoms with Gasteiger partial charge in [0.1, 0.15) is 48.8 Å². The quantitative estimate of drug-likeness (QED) is 0.122. The molecule has 0 radical (unpaired) electrons. The third kappa shape index (κ3) is 5.71. The predicted molar refractivity (Wildman–Crippen MR) is 135 cm³/mol. The highest BCUT2D eigenvalue weighted by Crippen LogP contribution is 2.45. The van der Waals surface area contributed by atoms with Gasteiger partial charge in [0.2, 0.25) is 0 Å². The molecule has 0 bridgehead atoms. The number of nitrogens with two attached hydrogens (primary N) is 3. The fraction of sp³-hybridized carbons (Fsp3) is 0.750. The van der Waals surface area contributed by atoms with Crippen molar-refractivity contribution >= 4 is 0 Å². The van der Waals surface area contributed by atoms with Crippen molar-refractivity contribution in [1.82, 2.24) is 0 Å². The second kappa shape index (κ2) is 13.0. The van der Waals surface area contributed by atoms with E-state index in [1.54, 1.807) is 0 Å². The Morgan fingerprint density at radius 1 is 0.738 bits per heavy atom. The van der Waals surface area contributed by atoms with E-state index < -0.39 is 123 Å². The van der Waals surface area contributed by atoms with Gasteiger partial charge in [0, 0.05) is 5.56 Å². The average Bonchev–Trinajstić information content (AvgIpc) is 2.98. The van der Waals surface area contributed by atoms with Gasteiger partial charge in [-0.2, -0.15) is 0 Å². The SMILES string of the molecule is NC1C(O)O[C@H](CO)C(O[C@@H]2O[C@H](CO)C(O[C@@H]3O[C@](CO)(c4cccc(O)c4O)[C@@H](O)[C@H](O)[C@H]3N)[C@H](O)C2N)C1O. The Bertz CT molecular complexity index is 1050. The van der Waals surface area contributed by atoms with Crippen LogP contribution >= 0.6 is 0 Å². The Balaban J connectivity index is 1.56. The van der Waals surface area contributed by atoms with Gasteiger partial charge in [-0.15, -0.1) is 0 Å². The van der Waals surface area contributed by atoms with Crippen molar-refractivity contribution in [2.24, 2.45) is 17.2 Å². The molecule has 0 aromatic heterocycles. The number of aromatic hydroxyl groups is 2. The zero-order valence-corrected chi connectivity index (χ0v) is 22.2. The van der Waals surface area contributed by atoms with E-state index in [9.17, 15) is 51.1 Å². The molecule has 1 aromatic carbocycles. The second-order valence-electron chi connectivity index (χ2n) is 10.5. The Hall–Kier alpha value is -1.82. The standard InChI is InChI=1S/C24H39N3O15/c25-11-15(33)18(9(4-28)38-21(11)37)40-22-12(26)16(34)19(10(5-29)39-22)41-23-13(27)17(35)20(36)24(6-30,42-23)7-2-1-3-8(31)14(7)32/h1-3,9-13,15-23,28-37H,4-6,25-27H2/t9-,10-,11?,12?,13-,15?,16-,17-,18?,19?,20+,21?,22+,23-,24-/m1/s1. The molecule has 6 unspecified atom stereocenters. The van der Waals surface area contributed by atoms with E-state index >= 15 is 0 Å². The lowest BCUT2D eigenvalue weighted by Crippen LogP contribution is -2.70. The lowest BCUT2D eigenvalue weighted by molar-refractivity contribution is -0.363. The minimum atomic E-state index is -2.27. The van der Waals surface area contributed by atoms with Crippen LogP contribution in [0.1, 0.15) is 5.56 Å². The molecule has 3 heterocycles. The summed E-state index contributed by atoms with van der Waals surface area (Å²) >= 11 is 0. The summed E-state index contributed by atoms with van der Waals surface area (Å²) in [5.74, 6) is -1.37. The predicted octanol–water partition coefficient (Wildman–Crippen LogP) is -6.74. The maximum atomic E-state index is 11.1. The molecule has 18 heteroatoms. The van der Waals surface area contributed by atoms with Crippen LogP contribution in [-0.2, 0) is 29.3 Å². The first-order valence-corrected chi connectivity index (χ1v) is 13.1. The van der Waals surface area contributed by atoms with Crippen LogP contribution in [0.5, 0.6) is 11.5 Å². The largest absolute Gasteiger partial charge is 0.504 e. The van der Waals surface area contributed by atoms with Crippen molar-refractivity contribution in [3.63, 3.8) is 0 Å². The number of phenols is 2. The van der Waals surface area contributed by atoms with E-state index in [1.165, 1.54) is 12.1 Å². The lowest BCUT2D eigenvalue weighted by atomic mass is 9.80. The summed E-state index contributed by atoms with van der Waals surface area (Å²) in [6, 6.07) is -0.637. The number of hydrogen-bond acceptors (Lipinski definition) is 18. The second-order valence-corrected chi connectivity index (χ2v) is 10.5. The summed E-state index contributed by atoms with van der Waals surface area (Å²) in [6.07, 6.45) is -17.5. The molecule has 42 heavy (non-hydrogen) atoms. The summed E-state index contributed by atoms with van der Waals surface area (Å²) in [7, 11) is 0. The zero-order valence-electron chi connectivity index (χ0n) is 22.2. The number of phenolic OH excluding ortho intramolecular Hbond substituents is 2. The lowest BCUT2D eigenvalue weighted by Gasteiger charge is -2.51. The van der Waals surface area contributed by atoms with Crippen LogP contribution in [0.15, 0.2) is 18.2 Å². The molecule has 1 aromatic rings. The normalized spacial score (nSPS) is 46.5. The van der Waals surface area contributed by atoms with Gasteiger partial charge < -0.3 is 92.0 Å². The molecule has 0 spiro atoms. The molecule has 3 aliphatic rings. The average molecular weight is 610 g/mol. The number of rotatable bonds is 8. The van der Waals surface area contributed by atoms with Crippen LogP contribution in [-0.4, -0.2) is 157 Å². The zero-order chi connectivity index (χ0) is 31.1. The fourth-order valence-electron chi connectivity index (χ4n) is 5.39. The minimum absolute atomic E-state index is 0.309. The summed E-state index contributed by atoms with van der Waals surface area (Å²) in [6.45, 7) is -2.53. The van der Waals surface area contributed by atoms with Gasteiger partial charge in [0.25, 0.3) is 0 Å². The van der Waals surface area contributed by atoms with Crippen molar-refractivity contribution in [1.29, 1.82) is 0 Å². The molecule has 0 saturated carbocycles. The van der Waals surface area contributed by atoms with E-state index in [2.05, 4.69) is 0 Å². The molecule has 240 valence electrons.